The number of hydrogen-bond acceptors (Lipinski definition) is 5. The van der Waals surface area contributed by atoms with Crippen LogP contribution in [0.15, 0.2) is 73.3 Å². The highest BCUT2D eigenvalue weighted by molar-refractivity contribution is 5.94. The van der Waals surface area contributed by atoms with Crippen molar-refractivity contribution in [2.24, 2.45) is 5.92 Å². The van der Waals surface area contributed by atoms with E-state index in [1.807, 2.05) is 60.7 Å². The maximum absolute atomic E-state index is 14.0. The first-order valence-electron chi connectivity index (χ1n) is 12.9. The van der Waals surface area contributed by atoms with E-state index in [1.54, 1.807) is 24.9 Å². The Hall–Kier alpha value is -3.49. The maximum Gasteiger partial charge on any atom is 0.247 e. The number of nitrogens with one attached hydrogen (secondary N) is 3. The largest absolute Gasteiger partial charge is 0.358 e. The topological polar surface area (TPSA) is 99.8 Å². The van der Waals surface area contributed by atoms with E-state index in [0.29, 0.717) is 25.9 Å². The SMILES string of the molecule is C=CCC1CC2OCC[C@H](NC(=O)[C@H](C)NC)C(=O)N2C1C(=O)NC(c1ccccc1)c1ccccc1. The van der Waals surface area contributed by atoms with Crippen LogP contribution < -0.4 is 16.0 Å². The number of carbonyl (C=O) groups excluding carboxylic acids is 3. The van der Waals surface area contributed by atoms with Crippen LogP contribution in [-0.2, 0) is 19.1 Å². The lowest BCUT2D eigenvalue weighted by atomic mass is 9.93. The zero-order valence-corrected chi connectivity index (χ0v) is 21.4. The van der Waals surface area contributed by atoms with Crippen LogP contribution in [-0.4, -0.2) is 60.6 Å². The molecular formula is C29H36N4O4. The Morgan fingerprint density at radius 1 is 1.11 bits per heavy atom. The Labute approximate surface area is 218 Å². The van der Waals surface area contributed by atoms with Crippen LogP contribution in [0.4, 0.5) is 0 Å². The van der Waals surface area contributed by atoms with Gasteiger partial charge in [-0.15, -0.1) is 6.58 Å². The van der Waals surface area contributed by atoms with Gasteiger partial charge in [-0.05, 0) is 43.9 Å². The molecule has 3 amide bonds. The van der Waals surface area contributed by atoms with Gasteiger partial charge in [-0.3, -0.25) is 14.4 Å². The number of carbonyl (C=O) groups is 3. The number of allylic oxidation sites excluding steroid dienone is 1. The van der Waals surface area contributed by atoms with Crippen LogP contribution >= 0.6 is 0 Å². The Kier molecular flexibility index (Phi) is 8.74. The quantitative estimate of drug-likeness (QED) is 0.456. The summed E-state index contributed by atoms with van der Waals surface area (Å²) in [5.41, 5.74) is 1.89. The Balaban J connectivity index is 1.63. The average Bonchev–Trinajstić information content (AvgIpc) is 3.21. The molecule has 3 N–H and O–H groups in total. The number of nitrogens with zero attached hydrogens (tertiary/aromatic N) is 1. The fourth-order valence-corrected chi connectivity index (χ4v) is 5.18. The predicted molar refractivity (Wildman–Crippen MR) is 141 cm³/mol. The number of fused-ring (bicyclic) bond motifs is 1. The third-order valence-electron chi connectivity index (χ3n) is 7.26. The summed E-state index contributed by atoms with van der Waals surface area (Å²) in [5.74, 6) is -0.957. The first kappa shape index (κ1) is 26.6. The molecule has 0 bridgehead atoms. The molecule has 196 valence electrons. The second kappa shape index (κ2) is 12.2. The third kappa shape index (κ3) is 5.92. The van der Waals surface area contributed by atoms with Crippen LogP contribution in [0.2, 0.25) is 0 Å². The fraction of sp³-hybridized carbons (Fsp3) is 0.414. The van der Waals surface area contributed by atoms with Crippen LogP contribution in [0.25, 0.3) is 0 Å². The molecule has 2 aromatic carbocycles. The first-order chi connectivity index (χ1) is 17.9. The summed E-state index contributed by atoms with van der Waals surface area (Å²) < 4.78 is 6.05. The molecule has 0 radical (unpaired) electrons. The molecule has 0 saturated carbocycles. The van der Waals surface area contributed by atoms with Crippen molar-refractivity contribution in [1.82, 2.24) is 20.9 Å². The smallest absolute Gasteiger partial charge is 0.247 e. The van der Waals surface area contributed by atoms with E-state index in [1.165, 1.54) is 0 Å². The van der Waals surface area contributed by atoms with Crippen molar-refractivity contribution >= 4 is 17.7 Å². The Bertz CT molecular complexity index is 1050. The van der Waals surface area contributed by atoms with Gasteiger partial charge in [0.15, 0.2) is 0 Å². The molecular weight excluding hydrogens is 468 g/mol. The summed E-state index contributed by atoms with van der Waals surface area (Å²) in [6, 6.07) is 17.2. The van der Waals surface area contributed by atoms with E-state index in [4.69, 9.17) is 4.74 Å². The average molecular weight is 505 g/mol. The molecule has 4 rings (SSSR count). The minimum Gasteiger partial charge on any atom is -0.358 e. The van der Waals surface area contributed by atoms with E-state index in [0.717, 1.165) is 11.1 Å². The molecule has 0 spiro atoms. The van der Waals surface area contributed by atoms with E-state index < -0.39 is 24.4 Å². The zero-order valence-electron chi connectivity index (χ0n) is 21.4. The predicted octanol–water partition coefficient (Wildman–Crippen LogP) is 2.52. The second-order valence-corrected chi connectivity index (χ2v) is 9.66. The second-order valence-electron chi connectivity index (χ2n) is 9.66. The first-order valence-corrected chi connectivity index (χ1v) is 12.9. The van der Waals surface area contributed by atoms with Gasteiger partial charge in [0.25, 0.3) is 0 Å². The summed E-state index contributed by atoms with van der Waals surface area (Å²) in [6.07, 6.45) is 2.71. The zero-order chi connectivity index (χ0) is 26.4. The van der Waals surface area contributed by atoms with Crippen LogP contribution in [0.5, 0.6) is 0 Å². The van der Waals surface area contributed by atoms with Gasteiger partial charge in [-0.25, -0.2) is 0 Å². The van der Waals surface area contributed by atoms with Crippen LogP contribution in [0.1, 0.15) is 43.4 Å². The van der Waals surface area contributed by atoms with Crippen molar-refractivity contribution in [1.29, 1.82) is 0 Å². The molecule has 8 nitrogen and oxygen atoms in total. The molecule has 2 aromatic rings. The van der Waals surface area contributed by atoms with Crippen LogP contribution in [0, 0.1) is 5.92 Å². The molecule has 2 fully saturated rings. The maximum atomic E-state index is 14.0. The Morgan fingerprint density at radius 3 is 2.30 bits per heavy atom. The summed E-state index contributed by atoms with van der Waals surface area (Å²) in [6.45, 7) is 5.92. The molecule has 5 atom stereocenters. The number of likely N-dealkylation sites (N-methyl/N-ethyl adjacent to an activating group) is 1. The molecule has 2 saturated heterocycles. The van der Waals surface area contributed by atoms with Crippen molar-refractivity contribution in [2.45, 2.75) is 56.6 Å². The summed E-state index contributed by atoms with van der Waals surface area (Å²) in [5, 5.41) is 8.95. The monoisotopic (exact) mass is 504 g/mol. The standard InChI is InChI=1S/C29H36N4O4/c1-4-11-22-18-24-33(29(36)23(16-17-37-24)31-27(34)19(2)30-3)26(22)28(35)32-25(20-12-7-5-8-13-20)21-14-9-6-10-15-21/h4-10,12-15,19,22-26,30H,1,11,16-18H2,2-3H3,(H,31,34)(H,32,35)/t19-,22?,23-,24?,26?/m0/s1. The molecule has 0 aliphatic carbocycles. The molecule has 0 aromatic heterocycles. The number of amides is 3. The van der Waals surface area contributed by atoms with Gasteiger partial charge in [0, 0.05) is 6.42 Å². The van der Waals surface area contributed by atoms with Crippen molar-refractivity contribution in [3.05, 3.63) is 84.4 Å². The fourth-order valence-electron chi connectivity index (χ4n) is 5.18. The molecule has 8 heteroatoms. The molecule has 37 heavy (non-hydrogen) atoms. The van der Waals surface area contributed by atoms with Gasteiger partial charge in [-0.1, -0.05) is 66.7 Å². The molecule has 2 heterocycles. The Morgan fingerprint density at radius 2 is 1.73 bits per heavy atom. The number of hydrogen-bond donors (Lipinski definition) is 3. The van der Waals surface area contributed by atoms with Crippen molar-refractivity contribution < 1.29 is 19.1 Å². The van der Waals surface area contributed by atoms with E-state index >= 15 is 0 Å². The number of benzene rings is 2. The molecule has 3 unspecified atom stereocenters. The van der Waals surface area contributed by atoms with E-state index in [-0.39, 0.29) is 29.7 Å². The van der Waals surface area contributed by atoms with Crippen LogP contribution in [0.3, 0.4) is 0 Å². The highest BCUT2D eigenvalue weighted by atomic mass is 16.5. The van der Waals surface area contributed by atoms with Gasteiger partial charge in [0.2, 0.25) is 17.7 Å². The van der Waals surface area contributed by atoms with Crippen molar-refractivity contribution in [3.8, 4) is 0 Å². The van der Waals surface area contributed by atoms with E-state index in [9.17, 15) is 14.4 Å². The normalized spacial score (nSPS) is 24.2. The highest BCUT2D eigenvalue weighted by Gasteiger charge is 2.50. The lowest BCUT2D eigenvalue weighted by Gasteiger charge is -2.32. The van der Waals surface area contributed by atoms with Crippen molar-refractivity contribution in [2.75, 3.05) is 13.7 Å². The van der Waals surface area contributed by atoms with Crippen molar-refractivity contribution in [3.63, 3.8) is 0 Å². The number of rotatable bonds is 9. The minimum absolute atomic E-state index is 0.149. The highest BCUT2D eigenvalue weighted by Crippen LogP contribution is 2.36. The third-order valence-corrected chi connectivity index (χ3v) is 7.26. The minimum atomic E-state index is -0.759. The van der Waals surface area contributed by atoms with Gasteiger partial charge in [-0.2, -0.15) is 0 Å². The van der Waals surface area contributed by atoms with Gasteiger partial charge in [0.05, 0.1) is 18.7 Å². The summed E-state index contributed by atoms with van der Waals surface area (Å²) in [4.78, 5) is 41.9. The summed E-state index contributed by atoms with van der Waals surface area (Å²) in [7, 11) is 1.69. The molecule has 2 aliphatic rings. The lowest BCUT2D eigenvalue weighted by Crippen LogP contribution is -2.57. The lowest BCUT2D eigenvalue weighted by molar-refractivity contribution is -0.149. The van der Waals surface area contributed by atoms with E-state index in [2.05, 4.69) is 22.5 Å². The van der Waals surface area contributed by atoms with Gasteiger partial charge >= 0.3 is 0 Å². The summed E-state index contributed by atoms with van der Waals surface area (Å²) >= 11 is 0. The van der Waals surface area contributed by atoms with Gasteiger partial charge in [0.1, 0.15) is 18.3 Å². The molecule has 2 aliphatic heterocycles. The number of ether oxygens (including phenoxy) is 1. The van der Waals surface area contributed by atoms with Gasteiger partial charge < -0.3 is 25.6 Å².